The van der Waals surface area contributed by atoms with Crippen LogP contribution in [-0.2, 0) is 24.0 Å². The molecule has 0 aromatic carbocycles. The molecule has 0 saturated heterocycles. The van der Waals surface area contributed by atoms with Crippen LogP contribution >= 0.6 is 0 Å². The van der Waals surface area contributed by atoms with E-state index in [-0.39, 0.29) is 13.1 Å². The molecule has 0 aromatic heterocycles. The van der Waals surface area contributed by atoms with E-state index >= 15 is 0 Å². The Balaban J connectivity index is 3.06. The van der Waals surface area contributed by atoms with Crippen molar-refractivity contribution in [1.29, 1.82) is 0 Å². The maximum absolute atomic E-state index is 11.4. The zero-order valence-electron chi connectivity index (χ0n) is 17.1. The molecule has 1 aliphatic rings. The molecular weight excluding hydrogens is 418 g/mol. The highest BCUT2D eigenvalue weighted by molar-refractivity contribution is 5.73. The van der Waals surface area contributed by atoms with Gasteiger partial charge in [-0.3, -0.25) is 38.7 Å². The zero-order valence-corrected chi connectivity index (χ0v) is 17.1. The minimum Gasteiger partial charge on any atom is -0.480 e. The van der Waals surface area contributed by atoms with Crippen LogP contribution in [0, 0.1) is 0 Å². The Bertz CT molecular complexity index is 639. The maximum atomic E-state index is 11.4. The van der Waals surface area contributed by atoms with Crippen molar-refractivity contribution in [1.82, 2.24) is 14.7 Å². The van der Waals surface area contributed by atoms with Crippen molar-refractivity contribution in [3.05, 3.63) is 0 Å². The van der Waals surface area contributed by atoms with Gasteiger partial charge in [0.2, 0.25) is 0 Å². The van der Waals surface area contributed by atoms with Gasteiger partial charge in [0, 0.05) is 25.2 Å². The van der Waals surface area contributed by atoms with Gasteiger partial charge >= 0.3 is 29.8 Å². The van der Waals surface area contributed by atoms with Crippen LogP contribution in [0.1, 0.15) is 25.7 Å². The lowest BCUT2D eigenvalue weighted by molar-refractivity contribution is -0.146. The van der Waals surface area contributed by atoms with Crippen LogP contribution in [0.2, 0.25) is 0 Å². The third-order valence-electron chi connectivity index (χ3n) is 5.07. The van der Waals surface area contributed by atoms with Crippen molar-refractivity contribution in [2.24, 2.45) is 0 Å². The highest BCUT2D eigenvalue weighted by Crippen LogP contribution is 2.27. The Morgan fingerprint density at radius 2 is 0.903 bits per heavy atom. The number of hydrogen-bond acceptors (Lipinski definition) is 8. The van der Waals surface area contributed by atoms with Crippen molar-refractivity contribution < 1.29 is 49.5 Å². The summed E-state index contributed by atoms with van der Waals surface area (Å²) in [5, 5.41) is 45.7. The summed E-state index contributed by atoms with van der Waals surface area (Å²) in [5.41, 5.74) is 0. The van der Waals surface area contributed by atoms with E-state index in [9.17, 15) is 39.3 Å². The number of hydrogen-bond donors (Lipinski definition) is 5. The lowest BCUT2D eigenvalue weighted by atomic mass is 9.87. The van der Waals surface area contributed by atoms with Crippen molar-refractivity contribution in [2.45, 2.75) is 37.8 Å². The Morgan fingerprint density at radius 3 is 1.29 bits per heavy atom. The monoisotopic (exact) mass is 447 g/mol. The molecule has 1 saturated carbocycles. The molecule has 31 heavy (non-hydrogen) atoms. The third kappa shape index (κ3) is 10.2. The van der Waals surface area contributed by atoms with Crippen LogP contribution in [0.4, 0.5) is 0 Å². The van der Waals surface area contributed by atoms with E-state index in [2.05, 4.69) is 0 Å². The van der Waals surface area contributed by atoms with Crippen LogP contribution in [0.25, 0.3) is 0 Å². The Morgan fingerprint density at radius 1 is 0.548 bits per heavy atom. The Hall–Kier alpha value is -2.77. The summed E-state index contributed by atoms with van der Waals surface area (Å²) in [4.78, 5) is 59.9. The molecule has 0 unspecified atom stereocenters. The number of carboxylic acid groups (broad SMARTS) is 5. The number of nitrogens with zero attached hydrogens (tertiary/aromatic N) is 3. The molecular formula is C18H29N3O10. The van der Waals surface area contributed by atoms with E-state index in [0.29, 0.717) is 12.8 Å². The van der Waals surface area contributed by atoms with Crippen LogP contribution in [0.5, 0.6) is 0 Å². The number of carbonyl (C=O) groups is 5. The molecule has 0 amide bonds. The molecule has 5 N–H and O–H groups in total. The maximum Gasteiger partial charge on any atom is 0.317 e. The summed E-state index contributed by atoms with van der Waals surface area (Å²) >= 11 is 0. The number of aliphatic carboxylic acids is 5. The van der Waals surface area contributed by atoms with Crippen LogP contribution in [0.15, 0.2) is 0 Å². The van der Waals surface area contributed by atoms with Gasteiger partial charge in [0.05, 0.1) is 32.7 Å². The molecule has 0 aromatic rings. The Labute approximate surface area is 178 Å². The number of carboxylic acids is 5. The van der Waals surface area contributed by atoms with Gasteiger partial charge in [0.1, 0.15) is 0 Å². The second-order valence-corrected chi connectivity index (χ2v) is 7.47. The van der Waals surface area contributed by atoms with E-state index in [1.165, 1.54) is 4.90 Å². The lowest BCUT2D eigenvalue weighted by Gasteiger charge is -2.44. The molecule has 13 heteroatoms. The topological polar surface area (TPSA) is 196 Å². The normalized spacial score (nSPS) is 18.9. The van der Waals surface area contributed by atoms with Crippen LogP contribution < -0.4 is 0 Å². The minimum absolute atomic E-state index is 0.0298. The van der Waals surface area contributed by atoms with E-state index in [4.69, 9.17) is 10.2 Å². The van der Waals surface area contributed by atoms with Crippen LogP contribution in [0.3, 0.4) is 0 Å². The first kappa shape index (κ1) is 26.3. The molecule has 0 radical (unpaired) electrons. The molecule has 1 aliphatic carbocycles. The zero-order chi connectivity index (χ0) is 23.6. The molecule has 176 valence electrons. The molecule has 2 atom stereocenters. The predicted molar refractivity (Wildman–Crippen MR) is 104 cm³/mol. The Kier molecular flexibility index (Phi) is 10.9. The predicted octanol–water partition coefficient (Wildman–Crippen LogP) is -1.37. The summed E-state index contributed by atoms with van der Waals surface area (Å²) in [7, 11) is 0. The standard InChI is InChI=1S/C18H29N3O10/c22-14(23)7-19(8-15(24)25)5-6-20(9-16(26)27)12-3-1-2-4-13(12)21(10-17(28)29)11-18(30)31/h12-13H,1-11H2,(H,22,23)(H,24,25)(H,26,27)(H,28,29)(H,30,31)/t12-,13-/m1/s1. The van der Waals surface area contributed by atoms with E-state index in [0.717, 1.165) is 17.7 Å². The number of rotatable bonds is 15. The van der Waals surface area contributed by atoms with Crippen LogP contribution in [-0.4, -0.2) is 128 Å². The molecule has 0 bridgehead atoms. The quantitative estimate of drug-likeness (QED) is 0.197. The van der Waals surface area contributed by atoms with Gasteiger partial charge in [-0.15, -0.1) is 0 Å². The second kappa shape index (κ2) is 12.8. The van der Waals surface area contributed by atoms with Crippen molar-refractivity contribution in [2.75, 3.05) is 45.8 Å². The van der Waals surface area contributed by atoms with Gasteiger partial charge in [-0.05, 0) is 12.8 Å². The third-order valence-corrected chi connectivity index (χ3v) is 5.07. The highest BCUT2D eigenvalue weighted by atomic mass is 16.4. The first-order valence-electron chi connectivity index (χ1n) is 9.79. The molecule has 0 aliphatic heterocycles. The van der Waals surface area contributed by atoms with Gasteiger partial charge in [-0.25, -0.2) is 0 Å². The largest absolute Gasteiger partial charge is 0.480 e. The van der Waals surface area contributed by atoms with Gasteiger partial charge in [0.15, 0.2) is 0 Å². The average molecular weight is 447 g/mol. The average Bonchev–Trinajstić information content (AvgIpc) is 2.62. The van der Waals surface area contributed by atoms with E-state index in [1.807, 2.05) is 0 Å². The summed E-state index contributed by atoms with van der Waals surface area (Å²) in [5.74, 6) is -6.02. The first-order chi connectivity index (χ1) is 14.5. The smallest absolute Gasteiger partial charge is 0.317 e. The molecule has 0 spiro atoms. The molecule has 13 nitrogen and oxygen atoms in total. The van der Waals surface area contributed by atoms with Crippen molar-refractivity contribution in [3.63, 3.8) is 0 Å². The van der Waals surface area contributed by atoms with Crippen molar-refractivity contribution >= 4 is 29.8 Å². The fraction of sp³-hybridized carbons (Fsp3) is 0.722. The van der Waals surface area contributed by atoms with Gasteiger partial charge < -0.3 is 25.5 Å². The summed E-state index contributed by atoms with van der Waals surface area (Å²) < 4.78 is 0. The summed E-state index contributed by atoms with van der Waals surface area (Å²) in [6.45, 7) is -2.54. The second-order valence-electron chi connectivity index (χ2n) is 7.47. The minimum atomic E-state index is -1.23. The molecule has 1 fully saturated rings. The summed E-state index contributed by atoms with van der Waals surface area (Å²) in [6.07, 6.45) is 2.45. The van der Waals surface area contributed by atoms with Gasteiger partial charge in [0.25, 0.3) is 0 Å². The SMILES string of the molecule is O=C(O)CN(CCN(CC(=O)O)[C@@H]1CCCC[C@H]1N(CC(=O)O)CC(=O)O)CC(=O)O. The van der Waals surface area contributed by atoms with Gasteiger partial charge in [-0.2, -0.15) is 0 Å². The van der Waals surface area contributed by atoms with E-state index < -0.39 is 74.7 Å². The fourth-order valence-electron chi connectivity index (χ4n) is 3.98. The summed E-state index contributed by atoms with van der Waals surface area (Å²) in [6, 6.07) is -0.993. The van der Waals surface area contributed by atoms with Gasteiger partial charge in [-0.1, -0.05) is 12.8 Å². The first-order valence-corrected chi connectivity index (χ1v) is 9.79. The van der Waals surface area contributed by atoms with E-state index in [1.54, 1.807) is 4.90 Å². The fourth-order valence-corrected chi connectivity index (χ4v) is 3.98. The lowest BCUT2D eigenvalue weighted by Crippen LogP contribution is -2.57. The molecule has 1 rings (SSSR count). The highest BCUT2D eigenvalue weighted by Gasteiger charge is 2.36. The van der Waals surface area contributed by atoms with Crippen molar-refractivity contribution in [3.8, 4) is 0 Å². The molecule has 0 heterocycles.